The largest absolute Gasteiger partial charge is 0.466 e. The fourth-order valence-electron chi connectivity index (χ4n) is 0.477. The fourth-order valence-corrected chi connectivity index (χ4v) is 0.828. The predicted octanol–water partition coefficient (Wildman–Crippen LogP) is 2.31. The van der Waals surface area contributed by atoms with Crippen LogP contribution >= 0.6 is 8.25 Å². The first-order valence-corrected chi connectivity index (χ1v) is 6.35. The monoisotopic (exact) mass is 252 g/mol. The van der Waals surface area contributed by atoms with Crippen molar-refractivity contribution in [1.29, 1.82) is 0 Å². The Morgan fingerprint density at radius 1 is 1.38 bits per heavy atom. The van der Waals surface area contributed by atoms with E-state index in [0.717, 1.165) is 0 Å². The quantitative estimate of drug-likeness (QED) is 0.461. The summed E-state index contributed by atoms with van der Waals surface area (Å²) in [5.74, 6) is -0.506. The molecule has 0 fully saturated rings. The van der Waals surface area contributed by atoms with Crippen LogP contribution in [-0.2, 0) is 18.6 Å². The maximum atomic E-state index is 10.6. The number of ether oxygens (including phenoxy) is 1. The van der Waals surface area contributed by atoms with E-state index >= 15 is 0 Å². The van der Waals surface area contributed by atoms with Gasteiger partial charge in [-0.15, -0.1) is 0 Å². The van der Waals surface area contributed by atoms with E-state index in [4.69, 9.17) is 4.89 Å². The van der Waals surface area contributed by atoms with Crippen LogP contribution in [0.2, 0.25) is 0 Å². The third-order valence-corrected chi connectivity index (χ3v) is 1.88. The van der Waals surface area contributed by atoms with Gasteiger partial charge in [0.1, 0.15) is 0 Å². The first kappa shape index (κ1) is 17.7. The van der Waals surface area contributed by atoms with E-state index in [-0.39, 0.29) is 6.61 Å². The Hall–Kier alpha value is -0.640. The van der Waals surface area contributed by atoms with Gasteiger partial charge < -0.3 is 14.2 Å². The summed E-state index contributed by atoms with van der Waals surface area (Å²) in [6, 6.07) is 0. The summed E-state index contributed by atoms with van der Waals surface area (Å²) in [7, 11) is -1.66. The molecule has 0 heterocycles. The molecule has 0 saturated carbocycles. The molecule has 0 amide bonds. The molecule has 0 aromatic carbocycles. The number of rotatable bonds is 5. The number of carbonyl (C=O) groups is 1. The lowest BCUT2D eigenvalue weighted by Gasteiger charge is -1.99. The van der Waals surface area contributed by atoms with Crippen molar-refractivity contribution in [3.63, 3.8) is 0 Å². The average molecular weight is 252 g/mol. The first-order valence-electron chi connectivity index (χ1n) is 5.08. The van der Waals surface area contributed by atoms with E-state index in [1.807, 2.05) is 0 Å². The van der Waals surface area contributed by atoms with Crippen molar-refractivity contribution in [2.75, 3.05) is 13.7 Å². The van der Waals surface area contributed by atoms with Gasteiger partial charge in [-0.3, -0.25) is 4.57 Å². The second kappa shape index (κ2) is 12.4. The van der Waals surface area contributed by atoms with E-state index in [2.05, 4.69) is 23.1 Å². The van der Waals surface area contributed by atoms with Gasteiger partial charge in [0, 0.05) is 6.08 Å². The molecular weight excluding hydrogens is 231 g/mol. The Bertz CT molecular complexity index is 235. The van der Waals surface area contributed by atoms with Crippen LogP contribution in [0.15, 0.2) is 11.6 Å². The third-order valence-electron chi connectivity index (χ3n) is 1.49. The molecule has 0 aliphatic carbocycles. The molecule has 0 rings (SSSR count). The van der Waals surface area contributed by atoms with E-state index in [1.165, 1.54) is 26.0 Å². The van der Waals surface area contributed by atoms with Gasteiger partial charge >= 0.3 is 14.2 Å². The fraction of sp³-hybridized carbons (Fsp3) is 0.700. The zero-order valence-corrected chi connectivity index (χ0v) is 11.3. The molecule has 0 aromatic heterocycles. The maximum absolute atomic E-state index is 10.6. The molecule has 6 heteroatoms. The van der Waals surface area contributed by atoms with Crippen molar-refractivity contribution in [3.05, 3.63) is 11.6 Å². The zero-order chi connectivity index (χ0) is 13.0. The summed E-state index contributed by atoms with van der Waals surface area (Å²) in [6.07, 6.45) is 3.84. The number of methoxy groups -OCH3 is 1. The predicted molar refractivity (Wildman–Crippen MR) is 63.5 cm³/mol. The first-order chi connectivity index (χ1) is 7.47. The summed E-state index contributed by atoms with van der Waals surface area (Å²) in [6.45, 7) is 5.92. The van der Waals surface area contributed by atoms with Crippen LogP contribution in [0.4, 0.5) is 0 Å². The number of unbranched alkanes of at least 4 members (excludes halogenated alkanes) is 1. The topological polar surface area (TPSA) is 72.8 Å². The highest BCUT2D eigenvalue weighted by molar-refractivity contribution is 7.32. The van der Waals surface area contributed by atoms with Gasteiger partial charge in [0.15, 0.2) is 0 Å². The lowest BCUT2D eigenvalue weighted by molar-refractivity contribution is -0.134. The minimum atomic E-state index is -2.91. The van der Waals surface area contributed by atoms with Crippen LogP contribution in [0.25, 0.3) is 0 Å². The SMILES string of the molecule is CCCC.COC(=O)/C=C(\C)CO[PH](=O)O. The smallest absolute Gasteiger partial charge is 0.330 e. The van der Waals surface area contributed by atoms with E-state index < -0.39 is 14.2 Å². The third kappa shape index (κ3) is 15.8. The van der Waals surface area contributed by atoms with E-state index in [1.54, 1.807) is 6.92 Å². The second-order valence-electron chi connectivity index (χ2n) is 3.07. The van der Waals surface area contributed by atoms with Crippen molar-refractivity contribution >= 4 is 14.2 Å². The lowest BCUT2D eigenvalue weighted by Crippen LogP contribution is -1.98. The van der Waals surface area contributed by atoms with Crippen LogP contribution in [0, 0.1) is 0 Å². The Morgan fingerprint density at radius 2 is 1.88 bits per heavy atom. The van der Waals surface area contributed by atoms with Crippen molar-refractivity contribution in [3.8, 4) is 0 Å². The highest BCUT2D eigenvalue weighted by atomic mass is 31.1. The minimum Gasteiger partial charge on any atom is -0.466 e. The maximum Gasteiger partial charge on any atom is 0.330 e. The minimum absolute atomic E-state index is 0.0383. The molecular formula is C10H21O5P. The molecule has 0 spiro atoms. The summed E-state index contributed by atoms with van der Waals surface area (Å²) < 4.78 is 18.8. The number of hydrogen-bond acceptors (Lipinski definition) is 4. The van der Waals surface area contributed by atoms with Crippen LogP contribution in [0.5, 0.6) is 0 Å². The Kier molecular flexibility index (Phi) is 13.8. The molecule has 0 radical (unpaired) electrons. The van der Waals surface area contributed by atoms with Gasteiger partial charge in [0.2, 0.25) is 0 Å². The van der Waals surface area contributed by atoms with Crippen molar-refractivity contribution < 1.29 is 23.5 Å². The Morgan fingerprint density at radius 3 is 2.19 bits per heavy atom. The molecule has 0 bridgehead atoms. The Labute approximate surface area is 97.4 Å². The lowest BCUT2D eigenvalue weighted by atomic mass is 10.3. The molecule has 1 unspecified atom stereocenters. The normalized spacial score (nSPS) is 12.4. The van der Waals surface area contributed by atoms with Crippen LogP contribution in [0.3, 0.4) is 0 Å². The molecule has 0 saturated heterocycles. The van der Waals surface area contributed by atoms with Gasteiger partial charge in [-0.1, -0.05) is 26.7 Å². The molecule has 0 aromatic rings. The van der Waals surface area contributed by atoms with Crippen molar-refractivity contribution in [1.82, 2.24) is 0 Å². The summed E-state index contributed by atoms with van der Waals surface area (Å²) in [4.78, 5) is 18.9. The molecule has 96 valence electrons. The van der Waals surface area contributed by atoms with Crippen LogP contribution in [0.1, 0.15) is 33.6 Å². The number of esters is 1. The molecule has 0 aliphatic rings. The van der Waals surface area contributed by atoms with Gasteiger partial charge in [-0.05, 0) is 12.5 Å². The molecule has 16 heavy (non-hydrogen) atoms. The molecule has 1 N–H and O–H groups in total. The van der Waals surface area contributed by atoms with Gasteiger partial charge in [-0.25, -0.2) is 4.79 Å². The molecule has 0 aliphatic heterocycles. The average Bonchev–Trinajstić information content (AvgIpc) is 2.26. The summed E-state index contributed by atoms with van der Waals surface area (Å²) in [5.41, 5.74) is 0.536. The highest BCUT2D eigenvalue weighted by Crippen LogP contribution is 2.15. The Balaban J connectivity index is 0. The van der Waals surface area contributed by atoms with E-state index in [0.29, 0.717) is 5.57 Å². The van der Waals surface area contributed by atoms with Gasteiger partial charge in [0.05, 0.1) is 13.7 Å². The standard InChI is InChI=1S/C6H11O5P.C4H10/c1-5(3-6(7)10-2)4-11-12(8)9;1-3-4-2/h3,12H,4H2,1-2H3,(H,8,9);3-4H2,1-2H3/b5-3+;. The zero-order valence-electron chi connectivity index (χ0n) is 10.3. The van der Waals surface area contributed by atoms with Crippen LogP contribution < -0.4 is 0 Å². The summed E-state index contributed by atoms with van der Waals surface area (Å²) >= 11 is 0. The number of carbonyl (C=O) groups excluding carboxylic acids is 1. The second-order valence-corrected chi connectivity index (χ2v) is 3.89. The van der Waals surface area contributed by atoms with Gasteiger partial charge in [-0.2, -0.15) is 0 Å². The van der Waals surface area contributed by atoms with E-state index in [9.17, 15) is 9.36 Å². The summed E-state index contributed by atoms with van der Waals surface area (Å²) in [5, 5.41) is 0. The highest BCUT2D eigenvalue weighted by Gasteiger charge is 1.98. The van der Waals surface area contributed by atoms with Crippen molar-refractivity contribution in [2.24, 2.45) is 0 Å². The number of hydrogen-bond donors (Lipinski definition) is 1. The molecule has 5 nitrogen and oxygen atoms in total. The van der Waals surface area contributed by atoms with Crippen molar-refractivity contribution in [2.45, 2.75) is 33.6 Å². The molecule has 1 atom stereocenters. The van der Waals surface area contributed by atoms with Gasteiger partial charge in [0.25, 0.3) is 0 Å². The van der Waals surface area contributed by atoms with Crippen LogP contribution in [-0.4, -0.2) is 24.6 Å².